The Hall–Kier alpha value is -1.92. The number of ether oxygens (including phenoxy) is 1. The summed E-state index contributed by atoms with van der Waals surface area (Å²) in [5, 5.41) is 23.1. The molecule has 0 aromatic rings. The molecule has 0 spiro atoms. The number of esters is 1. The molecule has 0 aliphatic heterocycles. The zero-order chi connectivity index (χ0) is 47.9. The first kappa shape index (κ1) is 64.1. The van der Waals surface area contributed by atoms with Crippen LogP contribution in [0.5, 0.6) is 0 Å². The predicted molar refractivity (Wildman–Crippen MR) is 287 cm³/mol. The van der Waals surface area contributed by atoms with Gasteiger partial charge in [0.2, 0.25) is 5.91 Å². The van der Waals surface area contributed by atoms with Crippen molar-refractivity contribution >= 4 is 11.9 Å². The van der Waals surface area contributed by atoms with Crippen molar-refractivity contribution in [1.29, 1.82) is 0 Å². The van der Waals surface area contributed by atoms with E-state index in [1.165, 1.54) is 212 Å². The summed E-state index contributed by atoms with van der Waals surface area (Å²) in [7, 11) is 0. The first-order chi connectivity index (χ1) is 32.5. The minimum Gasteiger partial charge on any atom is -0.466 e. The molecule has 1 amide bonds. The molecule has 0 aromatic heterocycles. The van der Waals surface area contributed by atoms with E-state index in [9.17, 15) is 19.8 Å². The molecular weight excluding hydrogens is 815 g/mol. The lowest BCUT2D eigenvalue weighted by Crippen LogP contribution is -2.45. The molecule has 6 nitrogen and oxygen atoms in total. The molecule has 0 aliphatic carbocycles. The number of aliphatic hydroxyl groups excluding tert-OH is 2. The van der Waals surface area contributed by atoms with E-state index in [1.807, 2.05) is 6.08 Å². The van der Waals surface area contributed by atoms with Crippen LogP contribution in [0.1, 0.15) is 309 Å². The van der Waals surface area contributed by atoms with Crippen LogP contribution in [0.15, 0.2) is 36.5 Å². The zero-order valence-corrected chi connectivity index (χ0v) is 44.2. The van der Waals surface area contributed by atoms with E-state index in [4.69, 9.17) is 4.74 Å². The number of rotatable bonds is 54. The molecule has 0 aliphatic rings. The summed E-state index contributed by atoms with van der Waals surface area (Å²) < 4.78 is 5.48. The molecule has 66 heavy (non-hydrogen) atoms. The Balaban J connectivity index is 3.51. The fraction of sp³-hybridized carbons (Fsp3) is 0.867. The average Bonchev–Trinajstić information content (AvgIpc) is 3.32. The molecule has 3 N–H and O–H groups in total. The summed E-state index contributed by atoms with van der Waals surface area (Å²) in [4.78, 5) is 24.5. The van der Waals surface area contributed by atoms with E-state index < -0.39 is 12.1 Å². The number of hydrogen-bond acceptors (Lipinski definition) is 5. The SMILES string of the molecule is CCCCCCCC/C=C\CCCCCCCCCCCC(=O)OCCCCCCCC/C=C\CCCCCC(=O)NC(CO)C(O)/C=C/CCCCCCCCCCCCCCCCC. The highest BCUT2D eigenvalue weighted by Gasteiger charge is 2.18. The number of aliphatic hydroxyl groups is 2. The van der Waals surface area contributed by atoms with Crippen LogP contribution in [0.3, 0.4) is 0 Å². The Kier molecular flexibility index (Phi) is 54.1. The number of hydrogen-bond donors (Lipinski definition) is 3. The van der Waals surface area contributed by atoms with Gasteiger partial charge in [0.05, 0.1) is 25.4 Å². The maximum absolute atomic E-state index is 12.5. The van der Waals surface area contributed by atoms with E-state index in [2.05, 4.69) is 43.5 Å². The molecule has 0 saturated heterocycles. The van der Waals surface area contributed by atoms with Gasteiger partial charge in [0.15, 0.2) is 0 Å². The van der Waals surface area contributed by atoms with Gasteiger partial charge in [-0.25, -0.2) is 0 Å². The van der Waals surface area contributed by atoms with Crippen LogP contribution < -0.4 is 5.32 Å². The lowest BCUT2D eigenvalue weighted by Gasteiger charge is -2.19. The molecule has 0 fully saturated rings. The standard InChI is InChI=1S/C60H113NO5/c1-3-5-7-9-11-13-15-17-19-21-22-24-26-30-34-38-42-46-50-54-60(65)66-55-51-47-43-39-35-31-27-29-33-37-41-45-49-53-59(64)61-57(56-62)58(63)52-48-44-40-36-32-28-25-23-20-18-16-14-12-10-8-6-4-2/h17,19,29,33,48,52,57-58,62-63H,3-16,18,20-28,30-32,34-47,49-51,53-56H2,1-2H3,(H,61,64)/b19-17-,33-29-,52-48+. The lowest BCUT2D eigenvalue weighted by molar-refractivity contribution is -0.143. The van der Waals surface area contributed by atoms with Crippen LogP contribution >= 0.6 is 0 Å². The van der Waals surface area contributed by atoms with Gasteiger partial charge >= 0.3 is 5.97 Å². The largest absolute Gasteiger partial charge is 0.466 e. The molecule has 0 saturated carbocycles. The second-order valence-corrected chi connectivity index (χ2v) is 20.0. The quantitative estimate of drug-likeness (QED) is 0.0321. The summed E-state index contributed by atoms with van der Waals surface area (Å²) in [5.41, 5.74) is 0. The normalized spacial score (nSPS) is 12.8. The number of allylic oxidation sites excluding steroid dienone is 5. The van der Waals surface area contributed by atoms with Gasteiger partial charge < -0.3 is 20.3 Å². The predicted octanol–water partition coefficient (Wildman–Crippen LogP) is 18.0. The molecule has 6 heteroatoms. The number of nitrogens with one attached hydrogen (secondary N) is 1. The van der Waals surface area contributed by atoms with Crippen molar-refractivity contribution in [3.8, 4) is 0 Å². The number of carbonyl (C=O) groups excluding carboxylic acids is 2. The molecule has 2 unspecified atom stereocenters. The van der Waals surface area contributed by atoms with Gasteiger partial charge in [-0.1, -0.05) is 249 Å². The van der Waals surface area contributed by atoms with Gasteiger partial charge in [0, 0.05) is 12.8 Å². The van der Waals surface area contributed by atoms with Crippen LogP contribution in [0.25, 0.3) is 0 Å². The van der Waals surface area contributed by atoms with Crippen LogP contribution in [-0.2, 0) is 14.3 Å². The summed E-state index contributed by atoms with van der Waals surface area (Å²) in [5.74, 6) is -0.111. The van der Waals surface area contributed by atoms with Crippen molar-refractivity contribution in [3.63, 3.8) is 0 Å². The third-order valence-electron chi connectivity index (χ3n) is 13.4. The topological polar surface area (TPSA) is 95.9 Å². The number of unbranched alkanes of at least 4 members (excludes halogenated alkanes) is 39. The van der Waals surface area contributed by atoms with Crippen molar-refractivity contribution < 1.29 is 24.5 Å². The minimum atomic E-state index is -0.862. The molecule has 388 valence electrons. The smallest absolute Gasteiger partial charge is 0.305 e. The fourth-order valence-corrected chi connectivity index (χ4v) is 8.86. The Labute approximate surface area is 411 Å². The van der Waals surface area contributed by atoms with Gasteiger partial charge in [-0.3, -0.25) is 9.59 Å². The highest BCUT2D eigenvalue weighted by Crippen LogP contribution is 2.16. The monoisotopic (exact) mass is 928 g/mol. The van der Waals surface area contributed by atoms with Crippen LogP contribution in [0, 0.1) is 0 Å². The molecule has 2 atom stereocenters. The van der Waals surface area contributed by atoms with Gasteiger partial charge in [0.1, 0.15) is 0 Å². The third kappa shape index (κ3) is 51.5. The van der Waals surface area contributed by atoms with E-state index in [-0.39, 0.29) is 18.5 Å². The first-order valence-corrected chi connectivity index (χ1v) is 29.3. The van der Waals surface area contributed by atoms with Crippen molar-refractivity contribution in [2.45, 2.75) is 321 Å². The van der Waals surface area contributed by atoms with E-state index in [1.54, 1.807) is 6.08 Å². The Morgan fingerprint density at radius 3 is 1.09 bits per heavy atom. The highest BCUT2D eigenvalue weighted by molar-refractivity contribution is 5.76. The van der Waals surface area contributed by atoms with Gasteiger partial charge in [0.25, 0.3) is 0 Å². The summed E-state index contributed by atoms with van der Waals surface area (Å²) in [6, 6.07) is -0.649. The lowest BCUT2D eigenvalue weighted by atomic mass is 10.0. The molecule has 0 heterocycles. The minimum absolute atomic E-state index is 0.0144. The summed E-state index contributed by atoms with van der Waals surface area (Å²) in [6.07, 6.45) is 68.8. The summed E-state index contributed by atoms with van der Waals surface area (Å²) in [6.45, 7) is 4.87. The fourth-order valence-electron chi connectivity index (χ4n) is 8.86. The first-order valence-electron chi connectivity index (χ1n) is 29.3. The maximum atomic E-state index is 12.5. The van der Waals surface area contributed by atoms with Gasteiger partial charge in [-0.15, -0.1) is 0 Å². The van der Waals surface area contributed by atoms with Crippen molar-refractivity contribution in [2.24, 2.45) is 0 Å². The van der Waals surface area contributed by atoms with Crippen molar-refractivity contribution in [2.75, 3.05) is 13.2 Å². The molecule has 0 radical (unpaired) electrons. The number of amides is 1. The van der Waals surface area contributed by atoms with Crippen LogP contribution in [-0.4, -0.2) is 47.4 Å². The second-order valence-electron chi connectivity index (χ2n) is 20.0. The highest BCUT2D eigenvalue weighted by atomic mass is 16.5. The maximum Gasteiger partial charge on any atom is 0.305 e. The zero-order valence-electron chi connectivity index (χ0n) is 44.2. The molecule has 0 aromatic carbocycles. The summed E-state index contributed by atoms with van der Waals surface area (Å²) >= 11 is 0. The van der Waals surface area contributed by atoms with Crippen LogP contribution in [0.4, 0.5) is 0 Å². The number of carbonyl (C=O) groups is 2. The second kappa shape index (κ2) is 55.7. The molecule has 0 bridgehead atoms. The van der Waals surface area contributed by atoms with E-state index >= 15 is 0 Å². The molecular formula is C60H113NO5. The van der Waals surface area contributed by atoms with Gasteiger partial charge in [-0.2, -0.15) is 0 Å². The Morgan fingerprint density at radius 2 is 0.712 bits per heavy atom. The van der Waals surface area contributed by atoms with E-state index in [0.29, 0.717) is 19.4 Å². The van der Waals surface area contributed by atoms with Crippen molar-refractivity contribution in [3.05, 3.63) is 36.5 Å². The Bertz CT molecular complexity index is 1070. The Morgan fingerprint density at radius 1 is 0.409 bits per heavy atom. The van der Waals surface area contributed by atoms with E-state index in [0.717, 1.165) is 70.6 Å². The van der Waals surface area contributed by atoms with Crippen LogP contribution in [0.2, 0.25) is 0 Å². The van der Waals surface area contributed by atoms with Crippen molar-refractivity contribution in [1.82, 2.24) is 5.32 Å². The third-order valence-corrected chi connectivity index (χ3v) is 13.4. The van der Waals surface area contributed by atoms with Gasteiger partial charge in [-0.05, 0) is 83.5 Å². The molecule has 0 rings (SSSR count). The average molecular weight is 929 g/mol.